The number of H-pyrrole nitrogens is 1. The van der Waals surface area contributed by atoms with E-state index in [1.807, 2.05) is 13.8 Å². The van der Waals surface area contributed by atoms with E-state index >= 15 is 0 Å². The Bertz CT molecular complexity index is 1260. The second-order valence-electron chi connectivity index (χ2n) is 8.17. The lowest BCUT2D eigenvalue weighted by Crippen LogP contribution is -2.23. The first-order chi connectivity index (χ1) is 15.8. The molecule has 2 amide bonds. The molecule has 174 valence electrons. The van der Waals surface area contributed by atoms with Crippen LogP contribution in [-0.4, -0.2) is 35.1 Å². The maximum Gasteiger partial charge on any atom is 0.262 e. The van der Waals surface area contributed by atoms with Gasteiger partial charge in [0.15, 0.2) is 4.77 Å². The van der Waals surface area contributed by atoms with Crippen molar-refractivity contribution in [3.63, 3.8) is 0 Å². The zero-order valence-corrected chi connectivity index (χ0v) is 19.8. The van der Waals surface area contributed by atoms with Gasteiger partial charge in [-0.05, 0) is 67.0 Å². The molecule has 33 heavy (non-hydrogen) atoms. The standard InChI is InChI=1S/C24H28N4O4S/c1-15(2)13-21(29)25-17-6-8-18(9-7-17)26-22(30)16-5-10-19-20(14-16)27-24(33)28(23(19)31)11-4-12-32-3/h5-10,14-15H,4,11-13H2,1-3H3,(H,25,29)(H,26,30)(H,27,33). The molecule has 0 saturated heterocycles. The summed E-state index contributed by atoms with van der Waals surface area (Å²) in [5.41, 5.74) is 1.94. The van der Waals surface area contributed by atoms with Gasteiger partial charge in [0.05, 0.1) is 10.9 Å². The number of hydrogen-bond donors (Lipinski definition) is 3. The first-order valence-corrected chi connectivity index (χ1v) is 11.2. The number of benzene rings is 2. The Balaban J connectivity index is 1.73. The SMILES string of the molecule is COCCCn1c(=S)[nH]c2cc(C(=O)Nc3ccc(NC(=O)CC(C)C)cc3)ccc2c1=O. The van der Waals surface area contributed by atoms with E-state index in [2.05, 4.69) is 15.6 Å². The molecule has 0 aliphatic carbocycles. The molecule has 0 atom stereocenters. The van der Waals surface area contributed by atoms with Crippen molar-refractivity contribution in [2.45, 2.75) is 33.2 Å². The molecule has 0 aliphatic heterocycles. The van der Waals surface area contributed by atoms with Crippen molar-refractivity contribution in [1.82, 2.24) is 9.55 Å². The number of carbonyl (C=O) groups is 2. The third kappa shape index (κ3) is 6.36. The van der Waals surface area contributed by atoms with Crippen molar-refractivity contribution < 1.29 is 14.3 Å². The van der Waals surface area contributed by atoms with Gasteiger partial charge in [-0.2, -0.15) is 0 Å². The van der Waals surface area contributed by atoms with Crippen molar-refractivity contribution in [1.29, 1.82) is 0 Å². The molecular formula is C24H28N4O4S. The highest BCUT2D eigenvalue weighted by atomic mass is 32.1. The van der Waals surface area contributed by atoms with E-state index in [9.17, 15) is 14.4 Å². The fourth-order valence-corrected chi connectivity index (χ4v) is 3.67. The molecule has 0 saturated carbocycles. The van der Waals surface area contributed by atoms with Crippen LogP contribution in [0, 0.1) is 10.7 Å². The van der Waals surface area contributed by atoms with E-state index in [0.717, 1.165) is 0 Å². The Morgan fingerprint density at radius 2 is 1.76 bits per heavy atom. The van der Waals surface area contributed by atoms with E-state index in [1.54, 1.807) is 49.6 Å². The molecule has 2 aromatic carbocycles. The van der Waals surface area contributed by atoms with Crippen LogP contribution in [-0.2, 0) is 16.1 Å². The lowest BCUT2D eigenvalue weighted by molar-refractivity contribution is -0.116. The van der Waals surface area contributed by atoms with Gasteiger partial charge in [0.1, 0.15) is 0 Å². The Morgan fingerprint density at radius 1 is 1.09 bits per heavy atom. The van der Waals surface area contributed by atoms with Crippen molar-refractivity contribution in [2.75, 3.05) is 24.4 Å². The number of nitrogens with zero attached hydrogens (tertiary/aromatic N) is 1. The summed E-state index contributed by atoms with van der Waals surface area (Å²) in [6.45, 7) is 4.95. The number of hydrogen-bond acceptors (Lipinski definition) is 5. The van der Waals surface area contributed by atoms with E-state index in [4.69, 9.17) is 17.0 Å². The lowest BCUT2D eigenvalue weighted by Gasteiger charge is -2.10. The minimum atomic E-state index is -0.322. The Morgan fingerprint density at radius 3 is 2.39 bits per heavy atom. The summed E-state index contributed by atoms with van der Waals surface area (Å²) in [4.78, 5) is 40.5. The van der Waals surface area contributed by atoms with Crippen molar-refractivity contribution >= 4 is 46.3 Å². The molecule has 0 fully saturated rings. The highest BCUT2D eigenvalue weighted by molar-refractivity contribution is 7.71. The summed E-state index contributed by atoms with van der Waals surface area (Å²) in [6, 6.07) is 11.7. The Kier molecular flexibility index (Phi) is 8.13. The number of anilines is 2. The van der Waals surface area contributed by atoms with E-state index in [1.165, 1.54) is 4.57 Å². The van der Waals surface area contributed by atoms with Gasteiger partial charge in [0.25, 0.3) is 11.5 Å². The summed E-state index contributed by atoms with van der Waals surface area (Å²) >= 11 is 5.33. The summed E-state index contributed by atoms with van der Waals surface area (Å²) in [5.74, 6) is -0.0943. The van der Waals surface area contributed by atoms with Gasteiger partial charge >= 0.3 is 0 Å². The minimum Gasteiger partial charge on any atom is -0.385 e. The van der Waals surface area contributed by atoms with Gasteiger partial charge in [0.2, 0.25) is 5.91 Å². The average Bonchev–Trinajstić information content (AvgIpc) is 2.76. The fraction of sp³-hybridized carbons (Fsp3) is 0.333. The molecule has 0 unspecified atom stereocenters. The quantitative estimate of drug-likeness (QED) is 0.320. The lowest BCUT2D eigenvalue weighted by atomic mass is 10.1. The smallest absolute Gasteiger partial charge is 0.262 e. The maximum atomic E-state index is 12.8. The predicted octanol–water partition coefficient (Wildman–Crippen LogP) is 4.33. The molecule has 0 aliphatic rings. The first-order valence-electron chi connectivity index (χ1n) is 10.8. The minimum absolute atomic E-state index is 0.0481. The summed E-state index contributed by atoms with van der Waals surface area (Å²) < 4.78 is 6.84. The van der Waals surface area contributed by atoms with E-state index in [0.29, 0.717) is 58.6 Å². The predicted molar refractivity (Wildman–Crippen MR) is 132 cm³/mol. The second-order valence-corrected chi connectivity index (χ2v) is 8.56. The third-order valence-electron chi connectivity index (χ3n) is 4.99. The van der Waals surface area contributed by atoms with E-state index < -0.39 is 0 Å². The molecule has 3 aromatic rings. The molecule has 1 aromatic heterocycles. The van der Waals surface area contributed by atoms with Crippen LogP contribution in [0.1, 0.15) is 37.0 Å². The molecular weight excluding hydrogens is 440 g/mol. The van der Waals surface area contributed by atoms with Gasteiger partial charge in [-0.3, -0.25) is 19.0 Å². The zero-order valence-electron chi connectivity index (χ0n) is 18.9. The highest BCUT2D eigenvalue weighted by Gasteiger charge is 2.11. The normalized spacial score (nSPS) is 11.0. The number of amides is 2. The summed E-state index contributed by atoms with van der Waals surface area (Å²) in [7, 11) is 1.61. The van der Waals surface area contributed by atoms with Crippen LogP contribution in [0.25, 0.3) is 10.9 Å². The number of aromatic amines is 1. The van der Waals surface area contributed by atoms with Gasteiger partial charge in [-0.1, -0.05) is 13.8 Å². The van der Waals surface area contributed by atoms with Crippen LogP contribution < -0.4 is 16.2 Å². The van der Waals surface area contributed by atoms with Crippen molar-refractivity contribution in [3.05, 3.63) is 63.2 Å². The largest absolute Gasteiger partial charge is 0.385 e. The Hall–Kier alpha value is -3.30. The molecule has 0 radical (unpaired) electrons. The van der Waals surface area contributed by atoms with Gasteiger partial charge < -0.3 is 20.4 Å². The van der Waals surface area contributed by atoms with Crippen LogP contribution in [0.2, 0.25) is 0 Å². The van der Waals surface area contributed by atoms with Crippen LogP contribution >= 0.6 is 12.2 Å². The van der Waals surface area contributed by atoms with Gasteiger partial charge in [0, 0.05) is 43.6 Å². The first kappa shape index (κ1) is 24.3. The third-order valence-corrected chi connectivity index (χ3v) is 5.32. The number of carbonyl (C=O) groups excluding carboxylic acids is 2. The Labute approximate surface area is 197 Å². The van der Waals surface area contributed by atoms with E-state index in [-0.39, 0.29) is 23.3 Å². The molecule has 3 rings (SSSR count). The van der Waals surface area contributed by atoms with Crippen molar-refractivity contribution in [2.24, 2.45) is 5.92 Å². The highest BCUT2D eigenvalue weighted by Crippen LogP contribution is 2.17. The van der Waals surface area contributed by atoms with Gasteiger partial charge in [-0.15, -0.1) is 0 Å². The topological polar surface area (TPSA) is 105 Å². The molecule has 0 spiro atoms. The van der Waals surface area contributed by atoms with Crippen molar-refractivity contribution in [3.8, 4) is 0 Å². The number of fused-ring (bicyclic) bond motifs is 1. The fourth-order valence-electron chi connectivity index (χ4n) is 3.39. The summed E-state index contributed by atoms with van der Waals surface area (Å²) in [5, 5.41) is 6.11. The number of rotatable bonds is 9. The van der Waals surface area contributed by atoms with Crippen LogP contribution in [0.3, 0.4) is 0 Å². The van der Waals surface area contributed by atoms with Crippen LogP contribution in [0.5, 0.6) is 0 Å². The molecule has 1 heterocycles. The molecule has 8 nitrogen and oxygen atoms in total. The number of aromatic nitrogens is 2. The number of nitrogens with one attached hydrogen (secondary N) is 3. The monoisotopic (exact) mass is 468 g/mol. The molecule has 3 N–H and O–H groups in total. The summed E-state index contributed by atoms with van der Waals surface area (Å²) in [6.07, 6.45) is 1.11. The zero-order chi connectivity index (χ0) is 24.0. The second kappa shape index (κ2) is 11.0. The number of methoxy groups -OCH3 is 1. The maximum absolute atomic E-state index is 12.8. The molecule has 0 bridgehead atoms. The molecule has 9 heteroatoms. The van der Waals surface area contributed by atoms with Gasteiger partial charge in [-0.25, -0.2) is 0 Å². The van der Waals surface area contributed by atoms with Crippen LogP contribution in [0.15, 0.2) is 47.3 Å². The van der Waals surface area contributed by atoms with Crippen LogP contribution in [0.4, 0.5) is 11.4 Å². The number of ether oxygens (including phenoxy) is 1. The average molecular weight is 469 g/mol.